The zero-order chi connectivity index (χ0) is 24.1. The highest BCUT2D eigenvalue weighted by Gasteiger charge is 2.25. The first-order chi connectivity index (χ1) is 16.4. The summed E-state index contributed by atoms with van der Waals surface area (Å²) >= 11 is 0. The summed E-state index contributed by atoms with van der Waals surface area (Å²) < 4.78 is 5.66. The van der Waals surface area contributed by atoms with Crippen molar-refractivity contribution in [1.82, 2.24) is 14.9 Å². The van der Waals surface area contributed by atoms with Crippen molar-refractivity contribution >= 4 is 11.7 Å². The van der Waals surface area contributed by atoms with Crippen LogP contribution in [0.3, 0.4) is 0 Å². The Labute approximate surface area is 202 Å². The number of piperazine rings is 1. The molecule has 2 aromatic carbocycles. The maximum Gasteiger partial charge on any atom is 0.248 e. The van der Waals surface area contributed by atoms with Crippen LogP contribution in [-0.2, 0) is 22.6 Å². The van der Waals surface area contributed by atoms with Crippen molar-refractivity contribution in [2.45, 2.75) is 40.7 Å². The van der Waals surface area contributed by atoms with E-state index in [9.17, 15) is 4.79 Å². The lowest BCUT2D eigenvalue weighted by molar-refractivity contribution is -0.136. The van der Waals surface area contributed by atoms with E-state index in [1.54, 1.807) is 0 Å². The number of amides is 1. The first-order valence-electron chi connectivity index (χ1n) is 12.0. The number of hydrogen-bond acceptors (Lipinski definition) is 5. The Balaban J connectivity index is 1.40. The minimum absolute atomic E-state index is 0.0428. The van der Waals surface area contributed by atoms with Crippen LogP contribution in [0.5, 0.6) is 0 Å². The van der Waals surface area contributed by atoms with Gasteiger partial charge in [0.05, 0.1) is 6.61 Å². The molecule has 1 aliphatic heterocycles. The van der Waals surface area contributed by atoms with Gasteiger partial charge in [-0.3, -0.25) is 4.79 Å². The molecule has 0 saturated carbocycles. The smallest absolute Gasteiger partial charge is 0.248 e. The lowest BCUT2D eigenvalue weighted by atomic mass is 9.97. The molecule has 0 aliphatic carbocycles. The van der Waals surface area contributed by atoms with Crippen molar-refractivity contribution in [2.75, 3.05) is 37.7 Å². The Bertz CT molecular complexity index is 1140. The van der Waals surface area contributed by atoms with E-state index in [2.05, 4.69) is 48.9 Å². The fourth-order valence-electron chi connectivity index (χ4n) is 4.46. The van der Waals surface area contributed by atoms with Gasteiger partial charge in [0.2, 0.25) is 5.91 Å². The summed E-state index contributed by atoms with van der Waals surface area (Å²) in [5, 5.41) is 0. The monoisotopic (exact) mass is 458 g/mol. The summed E-state index contributed by atoms with van der Waals surface area (Å²) in [6, 6.07) is 16.5. The summed E-state index contributed by atoms with van der Waals surface area (Å²) in [4.78, 5) is 26.4. The van der Waals surface area contributed by atoms with Gasteiger partial charge in [0.25, 0.3) is 0 Å². The average Bonchev–Trinajstić information content (AvgIpc) is 2.83. The van der Waals surface area contributed by atoms with E-state index in [1.807, 2.05) is 42.2 Å². The highest BCUT2D eigenvalue weighted by atomic mass is 16.5. The van der Waals surface area contributed by atoms with Crippen LogP contribution >= 0.6 is 0 Å². The molecular weight excluding hydrogens is 424 g/mol. The second-order valence-corrected chi connectivity index (χ2v) is 9.11. The Morgan fingerprint density at radius 3 is 2.41 bits per heavy atom. The molecule has 2 heterocycles. The van der Waals surface area contributed by atoms with Gasteiger partial charge in [0.1, 0.15) is 18.2 Å². The number of aryl methyl sites for hydroxylation is 4. The number of ether oxygens (including phenoxy) is 1. The summed E-state index contributed by atoms with van der Waals surface area (Å²) in [5.74, 6) is 1.82. The number of benzene rings is 2. The third-order valence-electron chi connectivity index (χ3n) is 6.44. The number of hydrogen-bond donors (Lipinski definition) is 0. The van der Waals surface area contributed by atoms with Crippen LogP contribution in [0.15, 0.2) is 48.5 Å². The molecule has 0 N–H and O–H groups in total. The van der Waals surface area contributed by atoms with Gasteiger partial charge in [-0.1, -0.05) is 54.1 Å². The molecule has 178 valence electrons. The first-order valence-corrected chi connectivity index (χ1v) is 12.0. The predicted octanol–water partition coefficient (Wildman–Crippen LogP) is 4.17. The molecule has 1 fully saturated rings. The molecule has 3 aromatic rings. The number of rotatable bonds is 7. The number of anilines is 1. The topological polar surface area (TPSA) is 58.6 Å². The minimum atomic E-state index is 0.0428. The Morgan fingerprint density at radius 2 is 1.68 bits per heavy atom. The standard InChI is InChI=1S/C28H34N4O2/c1-20-10-11-21(2)25(16-20)17-26-22(3)29-23(4)30-28(26)32-14-12-31(13-15-32)27(33)19-34-18-24-8-6-5-7-9-24/h5-11,16H,12-15,17-19H2,1-4H3. The molecule has 4 rings (SSSR count). The van der Waals surface area contributed by atoms with Crippen molar-refractivity contribution in [2.24, 2.45) is 0 Å². The van der Waals surface area contributed by atoms with Crippen molar-refractivity contribution in [3.05, 3.63) is 87.9 Å². The van der Waals surface area contributed by atoms with Gasteiger partial charge in [-0.15, -0.1) is 0 Å². The van der Waals surface area contributed by atoms with Crippen LogP contribution in [0.1, 0.15) is 39.3 Å². The lowest BCUT2D eigenvalue weighted by Gasteiger charge is -2.36. The van der Waals surface area contributed by atoms with Crippen molar-refractivity contribution in [1.29, 1.82) is 0 Å². The first kappa shape index (κ1) is 23.9. The molecule has 6 heteroatoms. The lowest BCUT2D eigenvalue weighted by Crippen LogP contribution is -2.50. The van der Waals surface area contributed by atoms with Crippen LogP contribution in [0.25, 0.3) is 0 Å². The number of carbonyl (C=O) groups is 1. The second-order valence-electron chi connectivity index (χ2n) is 9.11. The molecule has 0 spiro atoms. The fourth-order valence-corrected chi connectivity index (χ4v) is 4.46. The summed E-state index contributed by atoms with van der Waals surface area (Å²) in [5.41, 5.74) is 7.12. The van der Waals surface area contributed by atoms with E-state index < -0.39 is 0 Å². The third-order valence-corrected chi connectivity index (χ3v) is 6.44. The van der Waals surface area contributed by atoms with Crippen LogP contribution in [-0.4, -0.2) is 53.6 Å². The number of aromatic nitrogens is 2. The largest absolute Gasteiger partial charge is 0.367 e. The van der Waals surface area contributed by atoms with E-state index in [0.29, 0.717) is 19.7 Å². The minimum Gasteiger partial charge on any atom is -0.367 e. The fraction of sp³-hybridized carbons (Fsp3) is 0.393. The van der Waals surface area contributed by atoms with Crippen molar-refractivity contribution in [3.63, 3.8) is 0 Å². The SMILES string of the molecule is Cc1ccc(C)c(Cc2c(C)nc(C)nc2N2CCN(C(=O)COCc3ccccc3)CC2)c1. The van der Waals surface area contributed by atoms with Crippen molar-refractivity contribution in [3.8, 4) is 0 Å². The average molecular weight is 459 g/mol. The quantitative estimate of drug-likeness (QED) is 0.532. The van der Waals surface area contributed by atoms with Crippen molar-refractivity contribution < 1.29 is 9.53 Å². The van der Waals surface area contributed by atoms with Gasteiger partial charge in [0, 0.05) is 43.9 Å². The van der Waals surface area contributed by atoms with Gasteiger partial charge >= 0.3 is 0 Å². The highest BCUT2D eigenvalue weighted by Crippen LogP contribution is 2.26. The highest BCUT2D eigenvalue weighted by molar-refractivity contribution is 5.77. The van der Waals surface area contributed by atoms with Crippen LogP contribution in [0, 0.1) is 27.7 Å². The second kappa shape index (κ2) is 10.8. The molecule has 34 heavy (non-hydrogen) atoms. The third kappa shape index (κ3) is 5.81. The van der Waals surface area contributed by atoms with E-state index >= 15 is 0 Å². The van der Waals surface area contributed by atoms with Gasteiger partial charge < -0.3 is 14.5 Å². The maximum absolute atomic E-state index is 12.7. The Kier molecular flexibility index (Phi) is 7.58. The molecule has 1 amide bonds. The molecule has 0 bridgehead atoms. The molecule has 0 unspecified atom stereocenters. The number of carbonyl (C=O) groups excluding carboxylic acids is 1. The molecule has 0 atom stereocenters. The molecule has 0 radical (unpaired) electrons. The Hall–Kier alpha value is -3.25. The van der Waals surface area contributed by atoms with Crippen LogP contribution < -0.4 is 4.90 Å². The van der Waals surface area contributed by atoms with E-state index in [4.69, 9.17) is 9.72 Å². The molecule has 1 aliphatic rings. The zero-order valence-corrected chi connectivity index (χ0v) is 20.7. The zero-order valence-electron chi connectivity index (χ0n) is 20.7. The van der Waals surface area contributed by atoms with Crippen LogP contribution in [0.4, 0.5) is 5.82 Å². The van der Waals surface area contributed by atoms with Gasteiger partial charge in [-0.05, 0) is 44.4 Å². The maximum atomic E-state index is 12.7. The normalized spacial score (nSPS) is 13.9. The summed E-state index contributed by atoms with van der Waals surface area (Å²) in [7, 11) is 0. The Morgan fingerprint density at radius 1 is 0.941 bits per heavy atom. The van der Waals surface area contributed by atoms with Gasteiger partial charge in [-0.2, -0.15) is 0 Å². The molecular formula is C28H34N4O2. The van der Waals surface area contributed by atoms with E-state index in [1.165, 1.54) is 22.3 Å². The summed E-state index contributed by atoms with van der Waals surface area (Å²) in [6.45, 7) is 11.7. The van der Waals surface area contributed by atoms with E-state index in [0.717, 1.165) is 42.4 Å². The van der Waals surface area contributed by atoms with Gasteiger partial charge in [-0.25, -0.2) is 9.97 Å². The number of nitrogens with zero attached hydrogens (tertiary/aromatic N) is 4. The molecule has 1 aromatic heterocycles. The van der Waals surface area contributed by atoms with E-state index in [-0.39, 0.29) is 12.5 Å². The molecule has 6 nitrogen and oxygen atoms in total. The summed E-state index contributed by atoms with van der Waals surface area (Å²) in [6.07, 6.45) is 0.807. The van der Waals surface area contributed by atoms with Gasteiger partial charge in [0.15, 0.2) is 0 Å². The van der Waals surface area contributed by atoms with Crippen LogP contribution in [0.2, 0.25) is 0 Å². The predicted molar refractivity (Wildman–Crippen MR) is 135 cm³/mol. The molecule has 1 saturated heterocycles.